The molecule has 53 heavy (non-hydrogen) atoms. The first-order chi connectivity index (χ1) is 25.2. The van der Waals surface area contributed by atoms with Gasteiger partial charge in [0.2, 0.25) is 17.7 Å². The molecule has 0 spiro atoms. The molecule has 3 amide bonds. The third-order valence-corrected chi connectivity index (χ3v) is 8.91. The van der Waals surface area contributed by atoms with Gasteiger partial charge in [0.1, 0.15) is 36.0 Å². The average Bonchev–Trinajstić information content (AvgIpc) is 3.12. The molecule has 0 bridgehead atoms. The van der Waals surface area contributed by atoms with E-state index < -0.39 is 59.9 Å². The number of aliphatic carboxylic acids is 1. The molecular formula is C37H56FN7O8. The van der Waals surface area contributed by atoms with Gasteiger partial charge >= 0.3 is 11.9 Å². The number of hydrogen-bond acceptors (Lipinski definition) is 11. The van der Waals surface area contributed by atoms with Crippen molar-refractivity contribution in [2.24, 2.45) is 5.73 Å². The molecule has 5 atom stereocenters. The summed E-state index contributed by atoms with van der Waals surface area (Å²) in [5.74, 6) is -4.17. The predicted molar refractivity (Wildman–Crippen MR) is 195 cm³/mol. The van der Waals surface area contributed by atoms with Gasteiger partial charge in [-0.15, -0.1) is 14.7 Å². The van der Waals surface area contributed by atoms with Crippen molar-refractivity contribution in [2.45, 2.75) is 108 Å². The van der Waals surface area contributed by atoms with Crippen molar-refractivity contribution in [2.75, 3.05) is 27.7 Å². The minimum absolute atomic E-state index is 0.00707. The molecule has 1 aromatic heterocycles. The van der Waals surface area contributed by atoms with Crippen LogP contribution in [-0.2, 0) is 41.7 Å². The Morgan fingerprint density at radius 2 is 1.45 bits per heavy atom. The van der Waals surface area contributed by atoms with Gasteiger partial charge in [0.15, 0.2) is 0 Å². The molecule has 6 N–H and O–H groups in total. The normalized spacial score (nSPS) is 14.1. The molecule has 0 aliphatic rings. The number of carboxylic acids is 1. The Morgan fingerprint density at radius 3 is 2.02 bits per heavy atom. The summed E-state index contributed by atoms with van der Waals surface area (Å²) >= 11 is 0. The lowest BCUT2D eigenvalue weighted by molar-refractivity contribution is -0.202. The molecular weight excluding hydrogens is 689 g/mol. The zero-order valence-corrected chi connectivity index (χ0v) is 31.4. The molecule has 0 fully saturated rings. The maximum absolute atomic E-state index is 14.5. The van der Waals surface area contributed by atoms with Crippen LogP contribution in [0.1, 0.15) is 76.3 Å². The number of phenolic OH excluding ortho intramolecular Hbond substituents is 1. The second-order valence-electron chi connectivity index (χ2n) is 13.1. The van der Waals surface area contributed by atoms with E-state index in [0.29, 0.717) is 36.8 Å². The van der Waals surface area contributed by atoms with E-state index in [4.69, 9.17) is 10.6 Å². The minimum atomic E-state index is -1.32. The van der Waals surface area contributed by atoms with Crippen molar-refractivity contribution in [3.05, 3.63) is 59.9 Å². The Labute approximate surface area is 310 Å². The van der Waals surface area contributed by atoms with Gasteiger partial charge in [0, 0.05) is 46.4 Å². The lowest BCUT2D eigenvalue weighted by Gasteiger charge is -2.33. The number of aromatic hydroxyl groups is 1. The van der Waals surface area contributed by atoms with Crippen molar-refractivity contribution < 1.29 is 43.5 Å². The highest BCUT2D eigenvalue weighted by Crippen LogP contribution is 2.17. The zero-order chi connectivity index (χ0) is 39.5. The van der Waals surface area contributed by atoms with Crippen molar-refractivity contribution in [3.63, 3.8) is 0 Å². The first-order valence-electron chi connectivity index (χ1n) is 18.0. The van der Waals surface area contributed by atoms with E-state index in [9.17, 15) is 38.7 Å². The highest BCUT2D eigenvalue weighted by molar-refractivity contribution is 5.94. The van der Waals surface area contributed by atoms with E-state index in [1.807, 2.05) is 13.8 Å². The van der Waals surface area contributed by atoms with Gasteiger partial charge in [-0.3, -0.25) is 24.2 Å². The fraction of sp³-hybridized carbons (Fsp3) is 0.568. The summed E-state index contributed by atoms with van der Waals surface area (Å²) in [6.45, 7) is 4.05. The quantitative estimate of drug-likeness (QED) is 0.0776. The van der Waals surface area contributed by atoms with Crippen molar-refractivity contribution in [1.82, 2.24) is 30.7 Å². The SMILES string of the molecule is CCCC[C@H](NC(=O)[C@H](Cc1cccnc1)N(C)C(=O)[C@H](CCCN)N(C)F)C(=O)N[C@@H](Cc1ccc(O)cc1)C(=O)ON(C)[C@@H](CCCC)C(=O)O. The maximum atomic E-state index is 14.5. The van der Waals surface area contributed by atoms with Crippen molar-refractivity contribution in [1.29, 1.82) is 0 Å². The monoisotopic (exact) mass is 745 g/mol. The molecule has 0 aliphatic carbocycles. The average molecular weight is 746 g/mol. The summed E-state index contributed by atoms with van der Waals surface area (Å²) < 4.78 is 14.5. The molecule has 0 saturated carbocycles. The lowest BCUT2D eigenvalue weighted by atomic mass is 10.0. The fourth-order valence-corrected chi connectivity index (χ4v) is 5.71. The second-order valence-corrected chi connectivity index (χ2v) is 13.1. The summed E-state index contributed by atoms with van der Waals surface area (Å²) in [5, 5.41) is 26.2. The number of nitrogens with two attached hydrogens (primary N) is 1. The van der Waals surface area contributed by atoms with Gasteiger partial charge in [-0.1, -0.05) is 57.7 Å². The summed E-state index contributed by atoms with van der Waals surface area (Å²) in [6.07, 6.45) is 6.41. The molecule has 16 heteroatoms. The molecule has 2 aromatic rings. The molecule has 294 valence electrons. The van der Waals surface area contributed by atoms with Gasteiger partial charge < -0.3 is 36.3 Å². The van der Waals surface area contributed by atoms with Crippen LogP contribution in [0.4, 0.5) is 4.48 Å². The molecule has 0 radical (unpaired) electrons. The largest absolute Gasteiger partial charge is 0.508 e. The van der Waals surface area contributed by atoms with Crippen LogP contribution in [0.25, 0.3) is 0 Å². The summed E-state index contributed by atoms with van der Waals surface area (Å²) in [4.78, 5) is 77.9. The van der Waals surface area contributed by atoms with E-state index in [2.05, 4.69) is 15.6 Å². The first kappa shape index (κ1) is 44.5. The van der Waals surface area contributed by atoms with Gasteiger partial charge in [0.05, 0.1) is 0 Å². The molecule has 15 nitrogen and oxygen atoms in total. The van der Waals surface area contributed by atoms with Crippen LogP contribution < -0.4 is 16.4 Å². The Balaban J connectivity index is 2.42. The third-order valence-electron chi connectivity index (χ3n) is 8.91. The summed E-state index contributed by atoms with van der Waals surface area (Å²) in [7, 11) is 3.85. The number of carboxylic acid groups (broad SMARTS) is 1. The second kappa shape index (κ2) is 23.1. The molecule has 0 unspecified atom stereocenters. The van der Waals surface area contributed by atoms with Gasteiger partial charge in [-0.25, -0.2) is 4.79 Å². The van der Waals surface area contributed by atoms with E-state index >= 15 is 0 Å². The Bertz CT molecular complexity index is 1450. The standard InChI is InChI=1S/C37H56FN7O8/c1-6-8-13-28(41-34(48)32(23-26-12-11-21-40-24-26)43(3)35(49)30(44(4)38)15-10-20-39)33(47)42-29(22-25-16-18-27(46)19-17-25)37(52)53-45(5)31(36(50)51)14-9-7-2/h11-12,16-19,21,24,28-32,46H,6-10,13-15,20,22-23,39H2,1-5H3,(H,41,48)(H,42,47)(H,50,51)/t28-,29-,30-,31-,32-/m0/s1. The number of likely N-dealkylation sites (N-methyl/N-ethyl adjacent to an activating group) is 3. The highest BCUT2D eigenvalue weighted by atomic mass is 19.2. The number of benzene rings is 1. The maximum Gasteiger partial charge on any atom is 0.347 e. The Kier molecular flexibility index (Phi) is 19.4. The van der Waals surface area contributed by atoms with Crippen LogP contribution in [0.3, 0.4) is 0 Å². The van der Waals surface area contributed by atoms with Crippen LogP contribution in [0.5, 0.6) is 5.75 Å². The van der Waals surface area contributed by atoms with E-state index in [1.54, 1.807) is 36.7 Å². The van der Waals surface area contributed by atoms with Crippen LogP contribution in [-0.4, -0.2) is 118 Å². The number of halogens is 1. The molecule has 1 heterocycles. The number of amides is 3. The number of nitrogens with zero attached hydrogens (tertiary/aromatic N) is 4. The lowest BCUT2D eigenvalue weighted by Crippen LogP contribution is -2.58. The topological polar surface area (TPSA) is 208 Å². The number of aromatic nitrogens is 1. The van der Waals surface area contributed by atoms with Crippen LogP contribution in [0.15, 0.2) is 48.8 Å². The fourth-order valence-electron chi connectivity index (χ4n) is 5.71. The predicted octanol–water partition coefficient (Wildman–Crippen LogP) is 2.52. The van der Waals surface area contributed by atoms with Crippen molar-refractivity contribution >= 4 is 29.7 Å². The zero-order valence-electron chi connectivity index (χ0n) is 31.4. The van der Waals surface area contributed by atoms with Crippen LogP contribution in [0.2, 0.25) is 0 Å². The van der Waals surface area contributed by atoms with E-state index in [-0.39, 0.29) is 49.5 Å². The van der Waals surface area contributed by atoms with Gasteiger partial charge in [-0.2, -0.15) is 0 Å². The number of nitrogens with one attached hydrogen (secondary N) is 2. The minimum Gasteiger partial charge on any atom is -0.508 e. The third kappa shape index (κ3) is 14.7. The summed E-state index contributed by atoms with van der Waals surface area (Å²) in [6, 6.07) is 3.40. The number of hydrogen-bond donors (Lipinski definition) is 5. The Morgan fingerprint density at radius 1 is 0.830 bits per heavy atom. The number of carbonyl (C=O) groups is 5. The number of rotatable bonds is 24. The van der Waals surface area contributed by atoms with E-state index in [1.165, 1.54) is 26.2 Å². The summed E-state index contributed by atoms with van der Waals surface area (Å²) in [5.41, 5.74) is 6.79. The Hall–Kier alpha value is -4.67. The molecule has 2 rings (SSSR count). The van der Waals surface area contributed by atoms with Gasteiger partial charge in [0.25, 0.3) is 0 Å². The number of phenols is 1. The van der Waals surface area contributed by atoms with Crippen LogP contribution >= 0.6 is 0 Å². The molecule has 0 aliphatic heterocycles. The smallest absolute Gasteiger partial charge is 0.347 e. The number of unbranched alkanes of at least 4 members (excludes halogenated alkanes) is 2. The number of carbonyl (C=O) groups excluding carboxylic acids is 4. The number of pyridine rings is 1. The first-order valence-corrected chi connectivity index (χ1v) is 18.0. The molecule has 0 saturated heterocycles. The van der Waals surface area contributed by atoms with Crippen molar-refractivity contribution in [3.8, 4) is 5.75 Å². The van der Waals surface area contributed by atoms with Gasteiger partial charge in [-0.05, 0) is 61.6 Å². The highest BCUT2D eigenvalue weighted by Gasteiger charge is 2.36. The molecule has 1 aromatic carbocycles. The number of hydroxylamine groups is 2. The van der Waals surface area contributed by atoms with Crippen LogP contribution in [0, 0.1) is 0 Å². The van der Waals surface area contributed by atoms with E-state index in [0.717, 1.165) is 23.4 Å².